The van der Waals surface area contributed by atoms with Crippen LogP contribution in [0.2, 0.25) is 0 Å². The lowest BCUT2D eigenvalue weighted by Gasteiger charge is -2.15. The Morgan fingerprint density at radius 3 is 2.00 bits per heavy atom. The maximum absolute atomic E-state index is 12.3. The quantitative estimate of drug-likeness (QED) is 0.919. The van der Waals surface area contributed by atoms with Gasteiger partial charge in [-0.3, -0.25) is 4.79 Å². The normalized spacial score (nSPS) is 11.8. The van der Waals surface area contributed by atoms with Crippen LogP contribution >= 0.6 is 0 Å². The van der Waals surface area contributed by atoms with Crippen molar-refractivity contribution in [3.05, 3.63) is 70.8 Å². The minimum Gasteiger partial charge on any atom is -0.346 e. The van der Waals surface area contributed by atoms with Gasteiger partial charge in [0.15, 0.2) is 0 Å². The van der Waals surface area contributed by atoms with Crippen molar-refractivity contribution in [1.82, 2.24) is 5.32 Å². The predicted octanol–water partition coefficient (Wildman–Crippen LogP) is 4.17. The second-order valence-electron chi connectivity index (χ2n) is 5.71. The number of nitriles is 1. The van der Waals surface area contributed by atoms with E-state index in [1.54, 1.807) is 12.1 Å². The van der Waals surface area contributed by atoms with E-state index in [1.165, 1.54) is 5.56 Å². The molecule has 2 aromatic rings. The zero-order chi connectivity index (χ0) is 16.1. The highest BCUT2D eigenvalue weighted by Crippen LogP contribution is 2.17. The average molecular weight is 292 g/mol. The van der Waals surface area contributed by atoms with E-state index in [0.717, 1.165) is 5.56 Å². The van der Waals surface area contributed by atoms with Crippen molar-refractivity contribution in [2.75, 3.05) is 0 Å². The molecule has 2 rings (SSSR count). The smallest absolute Gasteiger partial charge is 0.251 e. The first-order valence-corrected chi connectivity index (χ1v) is 7.42. The third-order valence-corrected chi connectivity index (χ3v) is 3.73. The van der Waals surface area contributed by atoms with Crippen molar-refractivity contribution in [2.45, 2.75) is 32.7 Å². The number of hydrogen-bond donors (Lipinski definition) is 1. The number of nitrogens with zero attached hydrogens (tertiary/aromatic N) is 1. The average Bonchev–Trinajstić information content (AvgIpc) is 2.54. The second-order valence-corrected chi connectivity index (χ2v) is 5.71. The van der Waals surface area contributed by atoms with Crippen molar-refractivity contribution in [3.8, 4) is 6.07 Å². The lowest BCUT2D eigenvalue weighted by Crippen LogP contribution is -2.26. The first kappa shape index (κ1) is 15.8. The fourth-order valence-corrected chi connectivity index (χ4v) is 2.23. The Balaban J connectivity index is 2.05. The van der Waals surface area contributed by atoms with Gasteiger partial charge in [-0.05, 0) is 48.2 Å². The van der Waals surface area contributed by atoms with Gasteiger partial charge in [0.1, 0.15) is 0 Å². The number of hydrogen-bond acceptors (Lipinski definition) is 2. The molecule has 0 saturated heterocycles. The van der Waals surface area contributed by atoms with Crippen LogP contribution in [0.1, 0.15) is 59.8 Å². The molecule has 0 heterocycles. The second kappa shape index (κ2) is 6.91. The van der Waals surface area contributed by atoms with Gasteiger partial charge in [-0.15, -0.1) is 0 Å². The summed E-state index contributed by atoms with van der Waals surface area (Å²) in [5.74, 6) is 0.363. The van der Waals surface area contributed by atoms with E-state index < -0.39 is 0 Å². The molecule has 2 aromatic carbocycles. The summed E-state index contributed by atoms with van der Waals surface area (Å²) in [5.41, 5.74) is 3.47. The zero-order valence-electron chi connectivity index (χ0n) is 13.1. The highest BCUT2D eigenvalue weighted by atomic mass is 16.1. The monoisotopic (exact) mass is 292 g/mol. The van der Waals surface area contributed by atoms with Crippen LogP contribution < -0.4 is 5.32 Å². The van der Waals surface area contributed by atoms with Crippen LogP contribution in [0.4, 0.5) is 0 Å². The molecule has 3 heteroatoms. The molecule has 0 aliphatic carbocycles. The topological polar surface area (TPSA) is 52.9 Å². The molecule has 0 bridgehead atoms. The predicted molar refractivity (Wildman–Crippen MR) is 87.6 cm³/mol. The van der Waals surface area contributed by atoms with Crippen LogP contribution in [0.3, 0.4) is 0 Å². The molecule has 1 amide bonds. The lowest BCUT2D eigenvalue weighted by molar-refractivity contribution is 0.0940. The largest absolute Gasteiger partial charge is 0.346 e. The van der Waals surface area contributed by atoms with Gasteiger partial charge in [0.25, 0.3) is 5.91 Å². The van der Waals surface area contributed by atoms with Crippen LogP contribution in [-0.4, -0.2) is 5.91 Å². The van der Waals surface area contributed by atoms with Crippen molar-refractivity contribution in [3.63, 3.8) is 0 Å². The fraction of sp³-hybridized carbons (Fsp3) is 0.263. The van der Waals surface area contributed by atoms with E-state index in [0.29, 0.717) is 17.0 Å². The van der Waals surface area contributed by atoms with Crippen molar-refractivity contribution in [1.29, 1.82) is 5.26 Å². The molecular formula is C19H20N2O. The van der Waals surface area contributed by atoms with Gasteiger partial charge in [-0.1, -0.05) is 38.1 Å². The number of carbonyl (C=O) groups is 1. The van der Waals surface area contributed by atoms with Gasteiger partial charge >= 0.3 is 0 Å². The molecule has 0 aliphatic heterocycles. The molecule has 0 saturated carbocycles. The van der Waals surface area contributed by atoms with Gasteiger partial charge in [-0.25, -0.2) is 0 Å². The van der Waals surface area contributed by atoms with Crippen LogP contribution in [-0.2, 0) is 0 Å². The summed E-state index contributed by atoms with van der Waals surface area (Å²) in [6.45, 7) is 6.19. The first-order chi connectivity index (χ1) is 10.5. The molecule has 112 valence electrons. The summed E-state index contributed by atoms with van der Waals surface area (Å²) in [5, 5.41) is 11.8. The maximum Gasteiger partial charge on any atom is 0.251 e. The molecule has 0 aromatic heterocycles. The van der Waals surface area contributed by atoms with E-state index >= 15 is 0 Å². The molecule has 1 unspecified atom stereocenters. The van der Waals surface area contributed by atoms with E-state index in [1.807, 2.05) is 43.3 Å². The Morgan fingerprint density at radius 2 is 1.50 bits per heavy atom. The van der Waals surface area contributed by atoms with E-state index in [9.17, 15) is 4.79 Å². The number of carbonyl (C=O) groups excluding carboxylic acids is 1. The summed E-state index contributed by atoms with van der Waals surface area (Å²) < 4.78 is 0. The molecule has 0 aliphatic rings. The third kappa shape index (κ3) is 3.73. The third-order valence-electron chi connectivity index (χ3n) is 3.73. The summed E-state index contributed by atoms with van der Waals surface area (Å²) >= 11 is 0. The molecule has 0 fully saturated rings. The van der Waals surface area contributed by atoms with Gasteiger partial charge < -0.3 is 5.32 Å². The molecule has 3 nitrogen and oxygen atoms in total. The standard InChI is InChI=1S/C19H20N2O/c1-13(2)16-8-10-18(11-9-16)19(22)21-14(3)17-6-4-15(12-20)5-7-17/h4-11,13-14H,1-3H3,(H,21,22). The molecule has 22 heavy (non-hydrogen) atoms. The Bertz CT molecular complexity index is 679. The minimum absolute atomic E-state index is 0.0906. The number of benzene rings is 2. The maximum atomic E-state index is 12.3. The molecule has 0 radical (unpaired) electrons. The highest BCUT2D eigenvalue weighted by molar-refractivity contribution is 5.94. The molecule has 1 N–H and O–H groups in total. The van der Waals surface area contributed by atoms with E-state index in [2.05, 4.69) is 25.2 Å². The number of amides is 1. The van der Waals surface area contributed by atoms with E-state index in [4.69, 9.17) is 5.26 Å². The Hall–Kier alpha value is -2.60. The van der Waals surface area contributed by atoms with Crippen LogP contribution in [0.25, 0.3) is 0 Å². The minimum atomic E-state index is -0.106. The SMILES string of the molecule is CC(C)c1ccc(C(=O)NC(C)c2ccc(C#N)cc2)cc1. The fourth-order valence-electron chi connectivity index (χ4n) is 2.23. The lowest BCUT2D eigenvalue weighted by atomic mass is 10.0. The highest BCUT2D eigenvalue weighted by Gasteiger charge is 2.11. The van der Waals surface area contributed by atoms with Crippen molar-refractivity contribution >= 4 is 5.91 Å². The van der Waals surface area contributed by atoms with E-state index in [-0.39, 0.29) is 11.9 Å². The van der Waals surface area contributed by atoms with Gasteiger partial charge in [-0.2, -0.15) is 5.26 Å². The Morgan fingerprint density at radius 1 is 0.955 bits per heavy atom. The number of nitrogens with one attached hydrogen (secondary N) is 1. The van der Waals surface area contributed by atoms with Crippen molar-refractivity contribution in [2.24, 2.45) is 0 Å². The Kier molecular flexibility index (Phi) is 4.95. The summed E-state index contributed by atoms with van der Waals surface area (Å²) in [7, 11) is 0. The molecular weight excluding hydrogens is 272 g/mol. The van der Waals surface area contributed by atoms with Crippen molar-refractivity contribution < 1.29 is 4.79 Å². The Labute approximate surface area is 131 Å². The number of rotatable bonds is 4. The van der Waals surface area contributed by atoms with Gasteiger partial charge in [0, 0.05) is 5.56 Å². The van der Waals surface area contributed by atoms with Gasteiger partial charge in [0.2, 0.25) is 0 Å². The molecule has 0 spiro atoms. The zero-order valence-corrected chi connectivity index (χ0v) is 13.1. The summed E-state index contributed by atoms with van der Waals surface area (Å²) in [6.07, 6.45) is 0. The van der Waals surface area contributed by atoms with Crippen LogP contribution in [0, 0.1) is 11.3 Å². The first-order valence-electron chi connectivity index (χ1n) is 7.42. The molecule has 1 atom stereocenters. The van der Waals surface area contributed by atoms with Gasteiger partial charge in [0.05, 0.1) is 17.7 Å². The summed E-state index contributed by atoms with van der Waals surface area (Å²) in [4.78, 5) is 12.3. The summed E-state index contributed by atoms with van der Waals surface area (Å²) in [6, 6.07) is 16.9. The van der Waals surface area contributed by atoms with Crippen LogP contribution in [0.5, 0.6) is 0 Å². The van der Waals surface area contributed by atoms with Crippen LogP contribution in [0.15, 0.2) is 48.5 Å².